The standard InChI is InChI=1S/C18H19F2NO2/c1-13-6-5-9-15(10-13)21-17(23)18(19,20)12-16(22)11-14-7-3-2-4-8-14/h2-10,16,22H,11-12H2,1H3,(H,21,23). The first-order valence-corrected chi connectivity index (χ1v) is 7.35. The SMILES string of the molecule is Cc1cccc(NC(=O)C(F)(F)CC(O)Cc2ccccc2)c1. The van der Waals surface area contributed by atoms with Gasteiger partial charge in [-0.25, -0.2) is 0 Å². The molecule has 2 aromatic carbocycles. The molecule has 0 aliphatic rings. The molecule has 0 saturated heterocycles. The average molecular weight is 319 g/mol. The van der Waals surface area contributed by atoms with Crippen LogP contribution in [-0.4, -0.2) is 23.0 Å². The zero-order chi connectivity index (χ0) is 16.9. The number of hydrogen-bond acceptors (Lipinski definition) is 2. The minimum absolute atomic E-state index is 0.0775. The van der Waals surface area contributed by atoms with E-state index < -0.39 is 24.4 Å². The summed E-state index contributed by atoms with van der Waals surface area (Å²) < 4.78 is 28.0. The van der Waals surface area contributed by atoms with Crippen molar-refractivity contribution in [3.05, 3.63) is 65.7 Å². The molecule has 0 aliphatic carbocycles. The molecule has 0 saturated carbocycles. The normalized spacial score (nSPS) is 12.7. The lowest BCUT2D eigenvalue weighted by Crippen LogP contribution is -2.38. The van der Waals surface area contributed by atoms with Crippen molar-refractivity contribution in [2.24, 2.45) is 0 Å². The Labute approximate surface area is 134 Å². The van der Waals surface area contributed by atoms with Crippen LogP contribution in [0.5, 0.6) is 0 Å². The summed E-state index contributed by atoms with van der Waals surface area (Å²) in [5.41, 5.74) is 1.91. The fraction of sp³-hybridized carbons (Fsp3) is 0.278. The van der Waals surface area contributed by atoms with Crippen molar-refractivity contribution in [1.29, 1.82) is 0 Å². The number of rotatable bonds is 6. The average Bonchev–Trinajstić information content (AvgIpc) is 2.47. The van der Waals surface area contributed by atoms with E-state index in [2.05, 4.69) is 5.32 Å². The zero-order valence-corrected chi connectivity index (χ0v) is 12.8. The predicted molar refractivity (Wildman–Crippen MR) is 85.5 cm³/mol. The molecule has 122 valence electrons. The summed E-state index contributed by atoms with van der Waals surface area (Å²) in [5.74, 6) is -5.05. The fourth-order valence-electron chi connectivity index (χ4n) is 2.29. The van der Waals surface area contributed by atoms with Gasteiger partial charge in [0.1, 0.15) is 0 Å². The molecule has 3 nitrogen and oxygen atoms in total. The Morgan fingerprint density at radius 2 is 1.87 bits per heavy atom. The van der Waals surface area contributed by atoms with Crippen LogP contribution in [0, 0.1) is 6.92 Å². The van der Waals surface area contributed by atoms with Gasteiger partial charge in [-0.1, -0.05) is 42.5 Å². The van der Waals surface area contributed by atoms with E-state index in [9.17, 15) is 18.7 Å². The largest absolute Gasteiger partial charge is 0.393 e. The number of aliphatic hydroxyl groups excluding tert-OH is 1. The second-order valence-corrected chi connectivity index (χ2v) is 5.58. The smallest absolute Gasteiger partial charge is 0.327 e. The number of halogens is 2. The molecule has 23 heavy (non-hydrogen) atoms. The number of amides is 1. The van der Waals surface area contributed by atoms with Crippen molar-refractivity contribution in [3.63, 3.8) is 0 Å². The van der Waals surface area contributed by atoms with Gasteiger partial charge in [-0.05, 0) is 36.6 Å². The van der Waals surface area contributed by atoms with Crippen LogP contribution in [0.15, 0.2) is 54.6 Å². The topological polar surface area (TPSA) is 49.3 Å². The van der Waals surface area contributed by atoms with E-state index in [1.165, 1.54) is 0 Å². The molecule has 0 bridgehead atoms. The number of aryl methyl sites for hydroxylation is 1. The molecule has 2 aromatic rings. The molecule has 2 rings (SSSR count). The maximum Gasteiger partial charge on any atom is 0.327 e. The van der Waals surface area contributed by atoms with E-state index in [0.29, 0.717) is 5.69 Å². The Balaban J connectivity index is 1.95. The van der Waals surface area contributed by atoms with Crippen LogP contribution in [-0.2, 0) is 11.2 Å². The second-order valence-electron chi connectivity index (χ2n) is 5.58. The summed E-state index contributed by atoms with van der Waals surface area (Å²) in [6.07, 6.45) is -2.14. The number of carbonyl (C=O) groups is 1. The van der Waals surface area contributed by atoms with Crippen LogP contribution < -0.4 is 5.32 Å². The molecular formula is C18H19F2NO2. The molecule has 0 fully saturated rings. The van der Waals surface area contributed by atoms with Gasteiger partial charge in [0.2, 0.25) is 0 Å². The van der Waals surface area contributed by atoms with Crippen LogP contribution in [0.1, 0.15) is 17.5 Å². The lowest BCUT2D eigenvalue weighted by atomic mass is 10.0. The van der Waals surface area contributed by atoms with Gasteiger partial charge in [0.15, 0.2) is 0 Å². The van der Waals surface area contributed by atoms with Crippen molar-refractivity contribution >= 4 is 11.6 Å². The van der Waals surface area contributed by atoms with Gasteiger partial charge >= 0.3 is 5.92 Å². The minimum atomic E-state index is -3.64. The first-order valence-electron chi connectivity index (χ1n) is 7.35. The van der Waals surface area contributed by atoms with E-state index >= 15 is 0 Å². The first-order chi connectivity index (χ1) is 10.9. The van der Waals surface area contributed by atoms with E-state index in [1.54, 1.807) is 61.5 Å². The summed E-state index contributed by atoms with van der Waals surface area (Å²) in [6, 6.07) is 15.5. The monoisotopic (exact) mass is 319 g/mol. The lowest BCUT2D eigenvalue weighted by molar-refractivity contribution is -0.143. The Morgan fingerprint density at radius 3 is 2.52 bits per heavy atom. The van der Waals surface area contributed by atoms with E-state index in [-0.39, 0.29) is 6.42 Å². The van der Waals surface area contributed by atoms with Crippen LogP contribution in [0.4, 0.5) is 14.5 Å². The van der Waals surface area contributed by atoms with Gasteiger partial charge in [-0.2, -0.15) is 8.78 Å². The van der Waals surface area contributed by atoms with Crippen LogP contribution in [0.3, 0.4) is 0 Å². The van der Waals surface area contributed by atoms with E-state index in [0.717, 1.165) is 11.1 Å². The highest BCUT2D eigenvalue weighted by molar-refractivity contribution is 5.96. The number of alkyl halides is 2. The molecule has 0 aliphatic heterocycles. The quantitative estimate of drug-likeness (QED) is 0.855. The number of hydrogen-bond donors (Lipinski definition) is 2. The molecule has 2 N–H and O–H groups in total. The van der Waals surface area contributed by atoms with Gasteiger partial charge < -0.3 is 10.4 Å². The van der Waals surface area contributed by atoms with Crippen molar-refractivity contribution in [3.8, 4) is 0 Å². The highest BCUT2D eigenvalue weighted by Gasteiger charge is 2.40. The fourth-order valence-corrected chi connectivity index (χ4v) is 2.29. The van der Waals surface area contributed by atoms with E-state index in [4.69, 9.17) is 0 Å². The molecule has 0 aromatic heterocycles. The van der Waals surface area contributed by atoms with Gasteiger partial charge in [-0.3, -0.25) is 4.79 Å². The third-order valence-corrected chi connectivity index (χ3v) is 3.41. The molecule has 1 unspecified atom stereocenters. The Bertz CT molecular complexity index is 659. The predicted octanol–water partition coefficient (Wildman–Crippen LogP) is 3.56. The summed E-state index contributed by atoms with van der Waals surface area (Å²) in [5, 5.41) is 12.0. The number of anilines is 1. The molecule has 5 heteroatoms. The van der Waals surface area contributed by atoms with Crippen molar-refractivity contribution in [1.82, 2.24) is 0 Å². The number of aliphatic hydroxyl groups is 1. The summed E-state index contributed by atoms with van der Waals surface area (Å²) in [7, 11) is 0. The Hall–Kier alpha value is -2.27. The number of carbonyl (C=O) groups excluding carboxylic acids is 1. The van der Waals surface area contributed by atoms with Crippen molar-refractivity contribution in [2.75, 3.05) is 5.32 Å². The molecule has 0 heterocycles. The van der Waals surface area contributed by atoms with Crippen molar-refractivity contribution in [2.45, 2.75) is 31.8 Å². The maximum absolute atomic E-state index is 14.0. The third-order valence-electron chi connectivity index (χ3n) is 3.41. The molecular weight excluding hydrogens is 300 g/mol. The van der Waals surface area contributed by atoms with Crippen molar-refractivity contribution < 1.29 is 18.7 Å². The van der Waals surface area contributed by atoms with Crippen LogP contribution >= 0.6 is 0 Å². The Morgan fingerprint density at radius 1 is 1.17 bits per heavy atom. The van der Waals surface area contributed by atoms with Gasteiger partial charge in [-0.15, -0.1) is 0 Å². The zero-order valence-electron chi connectivity index (χ0n) is 12.8. The Kier molecular flexibility index (Phi) is 5.45. The number of benzene rings is 2. The maximum atomic E-state index is 14.0. The minimum Gasteiger partial charge on any atom is -0.393 e. The molecule has 1 amide bonds. The number of nitrogens with one attached hydrogen (secondary N) is 1. The summed E-state index contributed by atoms with van der Waals surface area (Å²) >= 11 is 0. The lowest BCUT2D eigenvalue weighted by Gasteiger charge is -2.19. The third kappa shape index (κ3) is 5.14. The van der Waals surface area contributed by atoms with E-state index in [1.807, 2.05) is 0 Å². The van der Waals surface area contributed by atoms with Gasteiger partial charge in [0.25, 0.3) is 5.91 Å². The highest BCUT2D eigenvalue weighted by atomic mass is 19.3. The molecule has 1 atom stereocenters. The molecule has 0 spiro atoms. The van der Waals surface area contributed by atoms with Gasteiger partial charge in [0, 0.05) is 12.1 Å². The summed E-state index contributed by atoms with van der Waals surface area (Å²) in [4.78, 5) is 11.8. The van der Waals surface area contributed by atoms with Crippen LogP contribution in [0.25, 0.3) is 0 Å². The van der Waals surface area contributed by atoms with Crippen LogP contribution in [0.2, 0.25) is 0 Å². The second kappa shape index (κ2) is 7.33. The summed E-state index contributed by atoms with van der Waals surface area (Å²) in [6.45, 7) is 1.80. The highest BCUT2D eigenvalue weighted by Crippen LogP contribution is 2.24. The van der Waals surface area contributed by atoms with Gasteiger partial charge in [0.05, 0.1) is 6.10 Å². The first kappa shape index (κ1) is 17.1. The molecule has 0 radical (unpaired) electrons.